The van der Waals surface area contributed by atoms with Crippen LogP contribution in [0.15, 0.2) is 55.0 Å². The van der Waals surface area contributed by atoms with Crippen molar-refractivity contribution < 1.29 is 35.5 Å². The summed E-state index contributed by atoms with van der Waals surface area (Å²) in [6, 6.07) is 7.54. The number of hydrogen-bond acceptors (Lipinski definition) is 5. The van der Waals surface area contributed by atoms with Crippen LogP contribution < -0.4 is 10.1 Å². The van der Waals surface area contributed by atoms with Crippen LogP contribution in [0.3, 0.4) is 0 Å². The number of nitrogens with zero attached hydrogens (tertiary/aromatic N) is 4. The number of rotatable bonds is 5. The second kappa shape index (κ2) is 8.22. The molecule has 0 unspecified atom stereocenters. The molecule has 0 aliphatic rings. The maximum absolute atomic E-state index is 13.8. The Bertz CT molecular complexity index is 1280. The van der Waals surface area contributed by atoms with Crippen molar-refractivity contribution >= 4 is 22.5 Å². The smallest absolute Gasteiger partial charge is 0.406 e. The first kappa shape index (κ1) is 22.3. The molecule has 0 bridgehead atoms. The molecule has 0 amide bonds. The lowest BCUT2D eigenvalue weighted by Crippen LogP contribution is -2.16. The molecule has 0 aliphatic carbocycles. The third kappa shape index (κ3) is 5.30. The van der Waals surface area contributed by atoms with Gasteiger partial charge in [-0.15, -0.1) is 13.2 Å². The molecule has 4 rings (SSSR count). The molecule has 2 aromatic carbocycles. The van der Waals surface area contributed by atoms with Crippen molar-refractivity contribution in [1.82, 2.24) is 19.7 Å². The minimum Gasteiger partial charge on any atom is -0.406 e. The number of benzene rings is 2. The second-order valence-electron chi connectivity index (χ2n) is 6.80. The predicted molar refractivity (Wildman–Crippen MR) is 102 cm³/mol. The van der Waals surface area contributed by atoms with Crippen molar-refractivity contribution in [2.75, 3.05) is 5.32 Å². The van der Waals surface area contributed by atoms with Gasteiger partial charge in [-0.3, -0.25) is 4.68 Å². The highest BCUT2D eigenvalue weighted by Gasteiger charge is 2.34. The SMILES string of the molecule is Fc1cc(Cn2cc3c(Nc4ccc(OC(F)(F)F)cc4)ncnc3n2)ccc1C(F)(F)F. The van der Waals surface area contributed by atoms with E-state index in [9.17, 15) is 30.7 Å². The zero-order chi connectivity index (χ0) is 23.8. The molecule has 0 aliphatic heterocycles. The highest BCUT2D eigenvalue weighted by atomic mass is 19.4. The number of fused-ring (bicyclic) bond motifs is 1. The molecule has 0 saturated heterocycles. The minimum absolute atomic E-state index is 0.0334. The Balaban J connectivity index is 1.54. The largest absolute Gasteiger partial charge is 0.573 e. The van der Waals surface area contributed by atoms with Gasteiger partial charge in [0.2, 0.25) is 0 Å². The normalized spacial score (nSPS) is 12.2. The van der Waals surface area contributed by atoms with E-state index in [1.165, 1.54) is 29.3 Å². The molecule has 4 aromatic rings. The highest BCUT2D eigenvalue weighted by Crippen LogP contribution is 2.32. The zero-order valence-electron chi connectivity index (χ0n) is 16.2. The first-order chi connectivity index (χ1) is 15.5. The summed E-state index contributed by atoms with van der Waals surface area (Å²) >= 11 is 0. The van der Waals surface area contributed by atoms with Gasteiger partial charge in [-0.25, -0.2) is 14.4 Å². The molecule has 13 heteroatoms. The molecular formula is C20H12F7N5O. The molecule has 2 aromatic heterocycles. The molecule has 0 radical (unpaired) electrons. The number of hydrogen-bond donors (Lipinski definition) is 1. The zero-order valence-corrected chi connectivity index (χ0v) is 16.2. The summed E-state index contributed by atoms with van der Waals surface area (Å²) in [4.78, 5) is 8.10. The summed E-state index contributed by atoms with van der Waals surface area (Å²) in [5.41, 5.74) is -0.462. The van der Waals surface area contributed by atoms with E-state index in [0.29, 0.717) is 17.1 Å². The van der Waals surface area contributed by atoms with Gasteiger partial charge in [-0.1, -0.05) is 6.07 Å². The Morgan fingerprint density at radius 2 is 1.67 bits per heavy atom. The summed E-state index contributed by atoms with van der Waals surface area (Å²) in [5, 5.41) is 7.55. The quantitative estimate of drug-likeness (QED) is 0.380. The van der Waals surface area contributed by atoms with Gasteiger partial charge < -0.3 is 10.1 Å². The number of aromatic nitrogens is 4. The maximum Gasteiger partial charge on any atom is 0.573 e. The van der Waals surface area contributed by atoms with E-state index in [0.717, 1.165) is 24.3 Å². The van der Waals surface area contributed by atoms with Gasteiger partial charge in [0.15, 0.2) is 5.65 Å². The van der Waals surface area contributed by atoms with E-state index in [2.05, 4.69) is 25.1 Å². The molecule has 0 saturated carbocycles. The third-order valence-electron chi connectivity index (χ3n) is 4.40. The van der Waals surface area contributed by atoms with Crippen LogP contribution >= 0.6 is 0 Å². The first-order valence-electron chi connectivity index (χ1n) is 9.14. The molecule has 172 valence electrons. The average molecular weight is 471 g/mol. The van der Waals surface area contributed by atoms with Crippen LogP contribution in [0.5, 0.6) is 5.75 Å². The average Bonchev–Trinajstić information content (AvgIpc) is 3.11. The second-order valence-corrected chi connectivity index (χ2v) is 6.80. The number of nitrogens with one attached hydrogen (secondary N) is 1. The Morgan fingerprint density at radius 1 is 0.939 bits per heavy atom. The molecule has 0 fully saturated rings. The maximum atomic E-state index is 13.8. The molecule has 2 heterocycles. The number of anilines is 2. The third-order valence-corrected chi connectivity index (χ3v) is 4.40. The minimum atomic E-state index is -4.81. The molecule has 33 heavy (non-hydrogen) atoms. The number of ether oxygens (including phenoxy) is 1. The predicted octanol–water partition coefficient (Wildman–Crippen LogP) is 5.67. The standard InChI is InChI=1S/C20H12F7N5O/c21-16-7-11(1-6-15(16)19(22,23)24)8-32-9-14-17(28-10-29-18(14)31-32)30-12-2-4-13(5-3-12)33-20(25,26)27/h1-7,9-10H,8H2,(H,28,29,30,31). The lowest BCUT2D eigenvalue weighted by molar-refractivity contribution is -0.274. The molecule has 6 nitrogen and oxygen atoms in total. The Hall–Kier alpha value is -3.90. The topological polar surface area (TPSA) is 64.9 Å². The van der Waals surface area contributed by atoms with Crippen molar-refractivity contribution in [3.8, 4) is 5.75 Å². The Kier molecular flexibility index (Phi) is 5.56. The molecule has 0 atom stereocenters. The van der Waals surface area contributed by atoms with Crippen LogP contribution in [-0.2, 0) is 12.7 Å². The van der Waals surface area contributed by atoms with Gasteiger partial charge in [0.25, 0.3) is 0 Å². The summed E-state index contributed by atoms with van der Waals surface area (Å²) in [6.07, 6.45) is -6.89. The number of halogens is 7. The van der Waals surface area contributed by atoms with E-state index in [4.69, 9.17) is 0 Å². The molecule has 0 spiro atoms. The molecule has 1 N–H and O–H groups in total. The lowest BCUT2D eigenvalue weighted by atomic mass is 10.1. The first-order valence-corrected chi connectivity index (χ1v) is 9.14. The van der Waals surface area contributed by atoms with Crippen molar-refractivity contribution in [3.05, 3.63) is 71.9 Å². The highest BCUT2D eigenvalue weighted by molar-refractivity contribution is 5.87. The van der Waals surface area contributed by atoms with Crippen molar-refractivity contribution in [3.63, 3.8) is 0 Å². The van der Waals surface area contributed by atoms with Gasteiger partial charge in [-0.05, 0) is 42.0 Å². The van der Waals surface area contributed by atoms with E-state index < -0.39 is 29.7 Å². The van der Waals surface area contributed by atoms with E-state index >= 15 is 0 Å². The van der Waals surface area contributed by atoms with Gasteiger partial charge in [0, 0.05) is 11.9 Å². The van der Waals surface area contributed by atoms with Gasteiger partial charge in [0.05, 0.1) is 17.5 Å². The van der Waals surface area contributed by atoms with Gasteiger partial charge in [0.1, 0.15) is 23.7 Å². The number of alkyl halides is 6. The fraction of sp³-hybridized carbons (Fsp3) is 0.150. The fourth-order valence-electron chi connectivity index (χ4n) is 3.02. The summed E-state index contributed by atoms with van der Waals surface area (Å²) < 4.78 is 94.0. The van der Waals surface area contributed by atoms with Crippen LogP contribution in [-0.4, -0.2) is 26.1 Å². The van der Waals surface area contributed by atoms with E-state index in [1.807, 2.05) is 0 Å². The van der Waals surface area contributed by atoms with Gasteiger partial charge in [-0.2, -0.15) is 18.3 Å². The Labute approximate surface area is 180 Å². The van der Waals surface area contributed by atoms with Crippen LogP contribution in [0.25, 0.3) is 11.0 Å². The van der Waals surface area contributed by atoms with Crippen LogP contribution in [0.1, 0.15) is 11.1 Å². The van der Waals surface area contributed by atoms with E-state index in [-0.39, 0.29) is 23.6 Å². The monoisotopic (exact) mass is 471 g/mol. The molecular weight excluding hydrogens is 459 g/mol. The van der Waals surface area contributed by atoms with Crippen molar-refractivity contribution in [1.29, 1.82) is 0 Å². The Morgan fingerprint density at radius 3 is 2.30 bits per heavy atom. The van der Waals surface area contributed by atoms with Gasteiger partial charge >= 0.3 is 12.5 Å². The van der Waals surface area contributed by atoms with Crippen LogP contribution in [0.2, 0.25) is 0 Å². The fourth-order valence-corrected chi connectivity index (χ4v) is 3.02. The van der Waals surface area contributed by atoms with E-state index in [1.54, 1.807) is 0 Å². The van der Waals surface area contributed by atoms with Crippen LogP contribution in [0.4, 0.5) is 42.2 Å². The lowest BCUT2D eigenvalue weighted by Gasteiger charge is -2.10. The summed E-state index contributed by atoms with van der Waals surface area (Å²) in [6.45, 7) is -0.0334. The van der Waals surface area contributed by atoms with Crippen LogP contribution in [0, 0.1) is 5.82 Å². The summed E-state index contributed by atoms with van der Waals surface area (Å²) in [5.74, 6) is -1.50. The summed E-state index contributed by atoms with van der Waals surface area (Å²) in [7, 11) is 0. The van der Waals surface area contributed by atoms with Crippen molar-refractivity contribution in [2.45, 2.75) is 19.1 Å². The van der Waals surface area contributed by atoms with Crippen molar-refractivity contribution in [2.24, 2.45) is 0 Å².